The van der Waals surface area contributed by atoms with Gasteiger partial charge in [-0.25, -0.2) is 0 Å². The molecule has 1 heterocycles. The van der Waals surface area contributed by atoms with E-state index in [1.165, 1.54) is 0 Å². The molecule has 0 bridgehead atoms. The molecule has 0 spiro atoms. The Bertz CT molecular complexity index is 882. The number of imide groups is 1. The van der Waals surface area contributed by atoms with Crippen molar-refractivity contribution in [1.29, 1.82) is 0 Å². The van der Waals surface area contributed by atoms with Crippen molar-refractivity contribution >= 4 is 35.0 Å². The molecule has 2 aromatic rings. The van der Waals surface area contributed by atoms with Crippen molar-refractivity contribution < 1.29 is 23.9 Å². The zero-order chi connectivity index (χ0) is 20.1. The Morgan fingerprint density at radius 1 is 1.07 bits per heavy atom. The second kappa shape index (κ2) is 8.75. The molecular formula is C20H19ClN2O5. The number of carbonyl (C=O) groups excluding carboxylic acids is 3. The summed E-state index contributed by atoms with van der Waals surface area (Å²) >= 11 is 6.04. The summed E-state index contributed by atoms with van der Waals surface area (Å²) in [6.07, 6.45) is 0.398. The van der Waals surface area contributed by atoms with Gasteiger partial charge in [0.1, 0.15) is 11.5 Å². The lowest BCUT2D eigenvalue weighted by molar-refractivity contribution is -0.138. The third-order valence-corrected chi connectivity index (χ3v) is 4.46. The molecule has 0 saturated carbocycles. The Balaban J connectivity index is 1.66. The van der Waals surface area contributed by atoms with Gasteiger partial charge in [0.2, 0.25) is 17.7 Å². The number of carbonyl (C=O) groups is 3. The molecule has 28 heavy (non-hydrogen) atoms. The van der Waals surface area contributed by atoms with Crippen molar-refractivity contribution in [3.63, 3.8) is 0 Å². The highest BCUT2D eigenvalue weighted by atomic mass is 35.5. The molecule has 0 radical (unpaired) electrons. The van der Waals surface area contributed by atoms with E-state index in [-0.39, 0.29) is 43.5 Å². The summed E-state index contributed by atoms with van der Waals surface area (Å²) in [4.78, 5) is 36.7. The highest BCUT2D eigenvalue weighted by molar-refractivity contribution is 6.31. The van der Waals surface area contributed by atoms with E-state index in [0.717, 1.165) is 4.90 Å². The highest BCUT2D eigenvalue weighted by Gasteiger charge is 2.28. The van der Waals surface area contributed by atoms with Gasteiger partial charge in [0, 0.05) is 30.8 Å². The van der Waals surface area contributed by atoms with Crippen molar-refractivity contribution in [2.24, 2.45) is 0 Å². The monoisotopic (exact) mass is 402 g/mol. The van der Waals surface area contributed by atoms with E-state index in [2.05, 4.69) is 5.32 Å². The van der Waals surface area contributed by atoms with E-state index in [9.17, 15) is 14.4 Å². The first kappa shape index (κ1) is 19.7. The molecule has 1 aliphatic rings. The van der Waals surface area contributed by atoms with Gasteiger partial charge in [-0.2, -0.15) is 0 Å². The van der Waals surface area contributed by atoms with Crippen LogP contribution in [-0.4, -0.2) is 36.3 Å². The Kier molecular flexibility index (Phi) is 6.16. The summed E-state index contributed by atoms with van der Waals surface area (Å²) in [7, 11) is 1.58. The standard InChI is InChI=1S/C20H19ClN2O5/c1-27-14-3-5-15(6-4-14)28-17-7-2-13(21)12-16(17)22-18(24)10-11-23-19(25)8-9-20(23)26/h2-7,12H,8-11H2,1H3,(H,22,24). The average molecular weight is 403 g/mol. The van der Waals surface area contributed by atoms with E-state index in [4.69, 9.17) is 21.1 Å². The second-order valence-corrected chi connectivity index (χ2v) is 6.59. The van der Waals surface area contributed by atoms with E-state index in [1.54, 1.807) is 49.6 Å². The van der Waals surface area contributed by atoms with Gasteiger partial charge >= 0.3 is 0 Å². The van der Waals surface area contributed by atoms with Crippen molar-refractivity contribution in [2.45, 2.75) is 19.3 Å². The first-order chi connectivity index (χ1) is 13.5. The fourth-order valence-corrected chi connectivity index (χ4v) is 2.93. The molecule has 8 heteroatoms. The minimum absolute atomic E-state index is 0.00797. The molecule has 3 rings (SSSR count). The lowest BCUT2D eigenvalue weighted by Gasteiger charge is -2.15. The lowest BCUT2D eigenvalue weighted by atomic mass is 10.2. The molecule has 1 saturated heterocycles. The topological polar surface area (TPSA) is 84.9 Å². The first-order valence-electron chi connectivity index (χ1n) is 8.71. The summed E-state index contributed by atoms with van der Waals surface area (Å²) < 4.78 is 10.9. The zero-order valence-electron chi connectivity index (χ0n) is 15.2. The third-order valence-electron chi connectivity index (χ3n) is 4.22. The number of nitrogens with zero attached hydrogens (tertiary/aromatic N) is 1. The van der Waals surface area contributed by atoms with Crippen molar-refractivity contribution in [1.82, 2.24) is 4.90 Å². The van der Waals surface area contributed by atoms with Crippen LogP contribution in [0.2, 0.25) is 5.02 Å². The number of amides is 3. The van der Waals surface area contributed by atoms with Gasteiger partial charge < -0.3 is 14.8 Å². The maximum atomic E-state index is 12.3. The second-order valence-electron chi connectivity index (χ2n) is 6.16. The molecular weight excluding hydrogens is 384 g/mol. The molecule has 146 valence electrons. The highest BCUT2D eigenvalue weighted by Crippen LogP contribution is 2.32. The van der Waals surface area contributed by atoms with Crippen LogP contribution in [0.5, 0.6) is 17.2 Å². The van der Waals surface area contributed by atoms with Gasteiger partial charge in [0.05, 0.1) is 12.8 Å². The summed E-state index contributed by atoms with van der Waals surface area (Å²) in [5, 5.41) is 3.16. The van der Waals surface area contributed by atoms with Gasteiger partial charge in [-0.05, 0) is 42.5 Å². The SMILES string of the molecule is COc1ccc(Oc2ccc(Cl)cc2NC(=O)CCN2C(=O)CCC2=O)cc1. The summed E-state index contributed by atoms with van der Waals surface area (Å²) in [5.41, 5.74) is 0.396. The molecule has 0 aliphatic carbocycles. The van der Waals surface area contributed by atoms with Crippen molar-refractivity contribution in [3.8, 4) is 17.2 Å². The van der Waals surface area contributed by atoms with Crippen LogP contribution in [0, 0.1) is 0 Å². The first-order valence-corrected chi connectivity index (χ1v) is 9.08. The van der Waals surface area contributed by atoms with Gasteiger partial charge in [0.25, 0.3) is 0 Å². The quantitative estimate of drug-likeness (QED) is 0.715. The maximum Gasteiger partial charge on any atom is 0.229 e. The van der Waals surface area contributed by atoms with Crippen LogP contribution in [0.4, 0.5) is 5.69 Å². The molecule has 0 unspecified atom stereocenters. The number of ether oxygens (including phenoxy) is 2. The van der Waals surface area contributed by atoms with Crippen LogP contribution in [-0.2, 0) is 14.4 Å². The van der Waals surface area contributed by atoms with Gasteiger partial charge in [-0.15, -0.1) is 0 Å². The van der Waals surface area contributed by atoms with Crippen LogP contribution in [0.25, 0.3) is 0 Å². The Hall–Kier alpha value is -3.06. The van der Waals surface area contributed by atoms with Gasteiger partial charge in [-0.3, -0.25) is 19.3 Å². The number of halogens is 1. The molecule has 3 amide bonds. The fourth-order valence-electron chi connectivity index (χ4n) is 2.76. The molecule has 2 aromatic carbocycles. The number of methoxy groups -OCH3 is 1. The molecule has 1 aliphatic heterocycles. The Labute approximate surface area is 167 Å². The van der Waals surface area contributed by atoms with Gasteiger partial charge in [-0.1, -0.05) is 11.6 Å². The predicted octanol–water partition coefficient (Wildman–Crippen LogP) is 3.62. The average Bonchev–Trinajstić information content (AvgIpc) is 3.00. The number of rotatable bonds is 7. The normalized spacial score (nSPS) is 13.6. The number of nitrogens with one attached hydrogen (secondary N) is 1. The molecule has 1 fully saturated rings. The zero-order valence-corrected chi connectivity index (χ0v) is 16.0. The van der Waals surface area contributed by atoms with Crippen LogP contribution >= 0.6 is 11.6 Å². The lowest BCUT2D eigenvalue weighted by Crippen LogP contribution is -2.32. The van der Waals surface area contributed by atoms with E-state index in [1.807, 2.05) is 0 Å². The van der Waals surface area contributed by atoms with Crippen LogP contribution < -0.4 is 14.8 Å². The summed E-state index contributed by atoms with van der Waals surface area (Å²) in [5.74, 6) is 0.827. The largest absolute Gasteiger partial charge is 0.497 e. The smallest absolute Gasteiger partial charge is 0.229 e. The molecule has 7 nitrogen and oxygen atoms in total. The van der Waals surface area contributed by atoms with E-state index in [0.29, 0.717) is 28.0 Å². The summed E-state index contributed by atoms with van der Waals surface area (Å²) in [6.45, 7) is 0.0543. The number of anilines is 1. The molecule has 0 aromatic heterocycles. The summed E-state index contributed by atoms with van der Waals surface area (Å²) in [6, 6.07) is 11.9. The number of hydrogen-bond acceptors (Lipinski definition) is 5. The Morgan fingerprint density at radius 2 is 1.71 bits per heavy atom. The number of benzene rings is 2. The van der Waals surface area contributed by atoms with Crippen molar-refractivity contribution in [2.75, 3.05) is 19.0 Å². The van der Waals surface area contributed by atoms with Crippen LogP contribution in [0.1, 0.15) is 19.3 Å². The van der Waals surface area contributed by atoms with Crippen LogP contribution in [0.3, 0.4) is 0 Å². The predicted molar refractivity (Wildman–Crippen MR) is 104 cm³/mol. The number of likely N-dealkylation sites (tertiary alicyclic amines) is 1. The minimum Gasteiger partial charge on any atom is -0.497 e. The number of hydrogen-bond donors (Lipinski definition) is 1. The van der Waals surface area contributed by atoms with Gasteiger partial charge in [0.15, 0.2) is 5.75 Å². The fraction of sp³-hybridized carbons (Fsp3) is 0.250. The van der Waals surface area contributed by atoms with E-state index >= 15 is 0 Å². The molecule has 0 atom stereocenters. The van der Waals surface area contributed by atoms with Crippen molar-refractivity contribution in [3.05, 3.63) is 47.5 Å². The third kappa shape index (κ3) is 4.80. The van der Waals surface area contributed by atoms with Crippen LogP contribution in [0.15, 0.2) is 42.5 Å². The molecule has 1 N–H and O–H groups in total. The minimum atomic E-state index is -0.352. The Morgan fingerprint density at radius 3 is 2.36 bits per heavy atom. The van der Waals surface area contributed by atoms with E-state index < -0.39 is 0 Å². The maximum absolute atomic E-state index is 12.3.